The predicted octanol–water partition coefficient (Wildman–Crippen LogP) is 0.945. The van der Waals surface area contributed by atoms with Crippen LogP contribution in [0.25, 0.3) is 0 Å². The van der Waals surface area contributed by atoms with Crippen molar-refractivity contribution in [2.75, 3.05) is 19.4 Å². The molecule has 0 aliphatic heterocycles. The first kappa shape index (κ1) is 11.0. The minimum atomic E-state index is -3.34. The lowest BCUT2D eigenvalue weighted by Gasteiger charge is -2.08. The molecule has 78 valence electrons. The van der Waals surface area contributed by atoms with E-state index < -0.39 is 10.0 Å². The van der Waals surface area contributed by atoms with E-state index in [1.54, 1.807) is 25.2 Å². The van der Waals surface area contributed by atoms with E-state index in [2.05, 4.69) is 10.0 Å². The largest absolute Gasteiger partial charge is 0.388 e. The third-order valence-electron chi connectivity index (χ3n) is 2.06. The summed E-state index contributed by atoms with van der Waals surface area (Å²) in [4.78, 5) is 0.273. The number of hydrogen-bond acceptors (Lipinski definition) is 3. The Labute approximate surface area is 84.4 Å². The first-order valence-electron chi connectivity index (χ1n) is 4.23. The number of aryl methyl sites for hydroxylation is 1. The summed E-state index contributed by atoms with van der Waals surface area (Å²) in [5, 5.41) is 2.94. The highest BCUT2D eigenvalue weighted by atomic mass is 32.2. The second kappa shape index (κ2) is 3.98. The summed E-state index contributed by atoms with van der Waals surface area (Å²) in [6.07, 6.45) is 0. The van der Waals surface area contributed by atoms with Crippen LogP contribution in [0.15, 0.2) is 23.1 Å². The van der Waals surface area contributed by atoms with E-state index in [4.69, 9.17) is 0 Å². The highest BCUT2D eigenvalue weighted by Crippen LogP contribution is 2.19. The Balaban J connectivity index is 3.26. The summed E-state index contributed by atoms with van der Waals surface area (Å²) in [5.41, 5.74) is 1.84. The van der Waals surface area contributed by atoms with Crippen molar-refractivity contribution in [1.29, 1.82) is 0 Å². The summed E-state index contributed by atoms with van der Waals surface area (Å²) >= 11 is 0. The van der Waals surface area contributed by atoms with Crippen molar-refractivity contribution in [3.8, 4) is 0 Å². The van der Waals surface area contributed by atoms with Crippen LogP contribution in [0.3, 0.4) is 0 Å². The number of sulfonamides is 1. The third kappa shape index (κ3) is 2.05. The Hall–Kier alpha value is -1.07. The van der Waals surface area contributed by atoms with Crippen molar-refractivity contribution in [3.05, 3.63) is 23.8 Å². The first-order valence-corrected chi connectivity index (χ1v) is 5.71. The Morgan fingerprint density at radius 1 is 1.21 bits per heavy atom. The third-order valence-corrected chi connectivity index (χ3v) is 3.47. The minimum Gasteiger partial charge on any atom is -0.388 e. The van der Waals surface area contributed by atoms with Gasteiger partial charge in [-0.1, -0.05) is 6.07 Å². The topological polar surface area (TPSA) is 58.2 Å². The van der Waals surface area contributed by atoms with Crippen LogP contribution >= 0.6 is 0 Å². The molecule has 0 aliphatic rings. The zero-order chi connectivity index (χ0) is 10.8. The van der Waals surface area contributed by atoms with E-state index in [0.717, 1.165) is 11.3 Å². The van der Waals surface area contributed by atoms with Crippen molar-refractivity contribution in [3.63, 3.8) is 0 Å². The molecule has 4 nitrogen and oxygen atoms in total. The molecule has 5 heteroatoms. The Kier molecular flexibility index (Phi) is 3.13. The zero-order valence-corrected chi connectivity index (χ0v) is 9.27. The van der Waals surface area contributed by atoms with Gasteiger partial charge < -0.3 is 5.32 Å². The molecule has 0 heterocycles. The Morgan fingerprint density at radius 2 is 1.86 bits per heavy atom. The van der Waals surface area contributed by atoms with E-state index in [0.29, 0.717) is 0 Å². The van der Waals surface area contributed by atoms with E-state index >= 15 is 0 Å². The highest BCUT2D eigenvalue weighted by Gasteiger charge is 2.11. The highest BCUT2D eigenvalue weighted by molar-refractivity contribution is 7.89. The van der Waals surface area contributed by atoms with Crippen LogP contribution in [0.4, 0.5) is 5.69 Å². The van der Waals surface area contributed by atoms with Gasteiger partial charge in [-0.05, 0) is 31.7 Å². The molecule has 0 unspecified atom stereocenters. The van der Waals surface area contributed by atoms with Gasteiger partial charge >= 0.3 is 0 Å². The van der Waals surface area contributed by atoms with Gasteiger partial charge in [-0.2, -0.15) is 0 Å². The normalized spacial score (nSPS) is 11.4. The van der Waals surface area contributed by atoms with Gasteiger partial charge in [-0.15, -0.1) is 0 Å². The molecule has 0 atom stereocenters. The van der Waals surface area contributed by atoms with Crippen molar-refractivity contribution in [1.82, 2.24) is 4.72 Å². The Morgan fingerprint density at radius 3 is 2.36 bits per heavy atom. The van der Waals surface area contributed by atoms with E-state index in [-0.39, 0.29) is 4.90 Å². The smallest absolute Gasteiger partial charge is 0.240 e. The predicted molar refractivity (Wildman–Crippen MR) is 57.0 cm³/mol. The molecule has 1 aromatic carbocycles. The van der Waals surface area contributed by atoms with Crippen molar-refractivity contribution < 1.29 is 8.42 Å². The lowest BCUT2D eigenvalue weighted by atomic mass is 10.2. The molecule has 0 radical (unpaired) electrons. The maximum atomic E-state index is 11.4. The molecular weight excluding hydrogens is 200 g/mol. The standard InChI is InChI=1S/C9H14N2O2S/c1-7-4-5-8(6-9(7)10-2)14(12,13)11-3/h4-6,10-11H,1-3H3. The first-order chi connectivity index (χ1) is 6.51. The molecule has 0 saturated heterocycles. The summed E-state index contributed by atoms with van der Waals surface area (Å²) in [6, 6.07) is 4.97. The average molecular weight is 214 g/mol. The summed E-state index contributed by atoms with van der Waals surface area (Å²) < 4.78 is 25.2. The van der Waals surface area contributed by atoms with Crippen LogP contribution in [0.1, 0.15) is 5.56 Å². The van der Waals surface area contributed by atoms with Gasteiger partial charge in [0.15, 0.2) is 0 Å². The molecule has 0 aromatic heterocycles. The lowest BCUT2D eigenvalue weighted by molar-refractivity contribution is 0.588. The molecule has 14 heavy (non-hydrogen) atoms. The summed E-state index contributed by atoms with van der Waals surface area (Å²) in [5.74, 6) is 0. The summed E-state index contributed by atoms with van der Waals surface area (Å²) in [6.45, 7) is 1.92. The number of benzene rings is 1. The van der Waals surface area contributed by atoms with Crippen LogP contribution in [-0.4, -0.2) is 22.5 Å². The van der Waals surface area contributed by atoms with Crippen molar-refractivity contribution in [2.24, 2.45) is 0 Å². The molecule has 1 aromatic rings. The molecule has 0 bridgehead atoms. The minimum absolute atomic E-state index is 0.273. The second-order valence-corrected chi connectivity index (χ2v) is 4.82. The molecule has 0 amide bonds. The fraction of sp³-hybridized carbons (Fsp3) is 0.333. The van der Waals surface area contributed by atoms with Crippen LogP contribution in [0, 0.1) is 6.92 Å². The van der Waals surface area contributed by atoms with Crippen molar-refractivity contribution in [2.45, 2.75) is 11.8 Å². The molecule has 0 fully saturated rings. The van der Waals surface area contributed by atoms with Gasteiger partial charge in [0.1, 0.15) is 0 Å². The number of anilines is 1. The number of hydrogen-bond donors (Lipinski definition) is 2. The van der Waals surface area contributed by atoms with E-state index in [9.17, 15) is 8.42 Å². The average Bonchev–Trinajstić information content (AvgIpc) is 2.18. The zero-order valence-electron chi connectivity index (χ0n) is 8.46. The number of rotatable bonds is 3. The fourth-order valence-electron chi connectivity index (χ4n) is 1.16. The Bertz CT molecular complexity index is 426. The molecule has 0 spiro atoms. The van der Waals surface area contributed by atoms with Gasteiger partial charge in [0.25, 0.3) is 0 Å². The van der Waals surface area contributed by atoms with E-state index in [1.165, 1.54) is 7.05 Å². The quantitative estimate of drug-likeness (QED) is 0.787. The second-order valence-electron chi connectivity index (χ2n) is 2.93. The van der Waals surface area contributed by atoms with Gasteiger partial charge in [0.2, 0.25) is 10.0 Å². The molecule has 2 N–H and O–H groups in total. The SMILES string of the molecule is CNc1cc(S(=O)(=O)NC)ccc1C. The maximum Gasteiger partial charge on any atom is 0.240 e. The van der Waals surface area contributed by atoms with Crippen molar-refractivity contribution >= 4 is 15.7 Å². The molecule has 1 rings (SSSR count). The number of nitrogens with one attached hydrogen (secondary N) is 2. The molecule has 0 saturated carbocycles. The molecule has 0 aliphatic carbocycles. The van der Waals surface area contributed by atoms with E-state index in [1.807, 2.05) is 6.92 Å². The monoisotopic (exact) mass is 214 g/mol. The molecular formula is C9H14N2O2S. The van der Waals surface area contributed by atoms with Gasteiger partial charge in [0.05, 0.1) is 4.90 Å². The van der Waals surface area contributed by atoms with Gasteiger partial charge in [-0.25, -0.2) is 13.1 Å². The maximum absolute atomic E-state index is 11.4. The van der Waals surface area contributed by atoms with Crippen LogP contribution < -0.4 is 10.0 Å². The van der Waals surface area contributed by atoms with Gasteiger partial charge in [-0.3, -0.25) is 0 Å². The van der Waals surface area contributed by atoms with Gasteiger partial charge in [0, 0.05) is 12.7 Å². The van der Waals surface area contributed by atoms with Crippen LogP contribution in [-0.2, 0) is 10.0 Å². The van der Waals surface area contributed by atoms with Crippen LogP contribution in [0.2, 0.25) is 0 Å². The van der Waals surface area contributed by atoms with Crippen LogP contribution in [0.5, 0.6) is 0 Å². The fourth-order valence-corrected chi connectivity index (χ4v) is 1.91. The lowest BCUT2D eigenvalue weighted by Crippen LogP contribution is -2.18. The summed E-state index contributed by atoms with van der Waals surface area (Å²) in [7, 11) is -0.178.